The Bertz CT molecular complexity index is 1100. The number of amides is 2. The molecule has 0 spiro atoms. The zero-order valence-corrected chi connectivity index (χ0v) is 19.5. The van der Waals surface area contributed by atoms with Crippen molar-refractivity contribution >= 4 is 64.2 Å². The predicted octanol–water partition coefficient (Wildman–Crippen LogP) is -0.476. The van der Waals surface area contributed by atoms with E-state index in [1.165, 1.54) is 59.3 Å². The lowest BCUT2D eigenvalue weighted by atomic mass is 9.89. The number of fused-ring (bicyclic) bond motifs is 1. The van der Waals surface area contributed by atoms with Gasteiger partial charge in [0.2, 0.25) is 5.91 Å². The summed E-state index contributed by atoms with van der Waals surface area (Å²) in [5.74, 6) is -1.43. The Morgan fingerprint density at radius 1 is 1.48 bits per heavy atom. The SMILES string of the molecule is CON=C(C(=O)NC1C(=O)N2CC(CSc3nncs3)(C(=O)O)CS[C@H]12)c1cncc(N)n1. The lowest BCUT2D eigenvalue weighted by Crippen LogP contribution is -2.74. The number of carbonyl (C=O) groups is 3. The van der Waals surface area contributed by atoms with E-state index in [9.17, 15) is 19.5 Å². The average molecular weight is 511 g/mol. The van der Waals surface area contributed by atoms with E-state index in [-0.39, 0.29) is 41.2 Å². The van der Waals surface area contributed by atoms with Crippen molar-refractivity contribution in [3.05, 3.63) is 23.6 Å². The molecule has 2 unspecified atom stereocenters. The number of nitrogens with one attached hydrogen (secondary N) is 1. The second-order valence-corrected chi connectivity index (χ2v) is 10.3. The van der Waals surface area contributed by atoms with Crippen molar-refractivity contribution in [3.63, 3.8) is 0 Å². The van der Waals surface area contributed by atoms with E-state index in [0.717, 1.165) is 0 Å². The van der Waals surface area contributed by atoms with Crippen molar-refractivity contribution in [1.29, 1.82) is 0 Å². The summed E-state index contributed by atoms with van der Waals surface area (Å²) in [4.78, 5) is 51.8. The number of β-lactam (4-membered cyclic amide) rings is 1. The van der Waals surface area contributed by atoms with Gasteiger partial charge in [0.1, 0.15) is 41.0 Å². The number of aromatic nitrogens is 4. The number of carbonyl (C=O) groups excluding carboxylic acids is 2. The predicted molar refractivity (Wildman–Crippen MR) is 121 cm³/mol. The van der Waals surface area contributed by atoms with Gasteiger partial charge in [-0.2, -0.15) is 0 Å². The Kier molecular flexibility index (Phi) is 6.66. The highest BCUT2D eigenvalue weighted by molar-refractivity contribution is 8.01. The largest absolute Gasteiger partial charge is 0.481 e. The van der Waals surface area contributed by atoms with Gasteiger partial charge in [0.25, 0.3) is 5.91 Å². The number of hydrogen-bond acceptors (Lipinski definition) is 13. The van der Waals surface area contributed by atoms with Gasteiger partial charge in [-0.05, 0) is 0 Å². The normalized spacial score (nSPS) is 24.6. The molecule has 33 heavy (non-hydrogen) atoms. The number of carboxylic acid groups (broad SMARTS) is 1. The summed E-state index contributed by atoms with van der Waals surface area (Å²) < 4.78 is 0.664. The maximum absolute atomic E-state index is 12.8. The maximum atomic E-state index is 12.8. The Morgan fingerprint density at radius 3 is 2.97 bits per heavy atom. The zero-order chi connectivity index (χ0) is 23.6. The molecule has 0 saturated carbocycles. The summed E-state index contributed by atoms with van der Waals surface area (Å²) in [7, 11) is 1.27. The van der Waals surface area contributed by atoms with Crippen LogP contribution in [0.4, 0.5) is 5.82 Å². The molecule has 0 bridgehead atoms. The molecule has 2 aliphatic rings. The molecule has 4 N–H and O–H groups in total. The van der Waals surface area contributed by atoms with Crippen LogP contribution in [-0.4, -0.2) is 90.2 Å². The minimum atomic E-state index is -1.14. The summed E-state index contributed by atoms with van der Waals surface area (Å²) in [6, 6.07) is -0.832. The quantitative estimate of drug-likeness (QED) is 0.180. The van der Waals surface area contributed by atoms with Crippen LogP contribution in [0.3, 0.4) is 0 Å². The summed E-state index contributed by atoms with van der Waals surface area (Å²) in [6.45, 7) is 0.0384. The fourth-order valence-electron chi connectivity index (χ4n) is 3.33. The number of oxime groups is 1. The van der Waals surface area contributed by atoms with Crippen LogP contribution in [0.25, 0.3) is 0 Å². The van der Waals surface area contributed by atoms with Crippen molar-refractivity contribution in [2.24, 2.45) is 10.6 Å². The fraction of sp³-hybridized carbons (Fsp3) is 0.412. The highest BCUT2D eigenvalue weighted by atomic mass is 32.2. The highest BCUT2D eigenvalue weighted by Crippen LogP contribution is 2.44. The Hall–Kier alpha value is -2.98. The minimum absolute atomic E-state index is 0.0384. The van der Waals surface area contributed by atoms with E-state index in [2.05, 4.69) is 30.6 Å². The molecular formula is C17H18N8O5S3. The Labute approximate surface area is 199 Å². The molecular weight excluding hydrogens is 492 g/mol. The zero-order valence-electron chi connectivity index (χ0n) is 17.1. The Balaban J connectivity index is 1.43. The molecule has 13 nitrogen and oxygen atoms in total. The van der Waals surface area contributed by atoms with Gasteiger partial charge in [-0.1, -0.05) is 28.3 Å². The van der Waals surface area contributed by atoms with Crippen molar-refractivity contribution in [2.75, 3.05) is 30.9 Å². The summed E-state index contributed by atoms with van der Waals surface area (Å²) in [5.41, 5.74) is 5.97. The van der Waals surface area contributed by atoms with Crippen LogP contribution in [0.15, 0.2) is 27.4 Å². The van der Waals surface area contributed by atoms with Crippen LogP contribution >= 0.6 is 34.9 Å². The molecule has 0 aromatic carbocycles. The van der Waals surface area contributed by atoms with Crippen LogP contribution in [0.1, 0.15) is 5.69 Å². The van der Waals surface area contributed by atoms with Crippen LogP contribution in [0.5, 0.6) is 0 Å². The molecule has 16 heteroatoms. The monoisotopic (exact) mass is 510 g/mol. The van der Waals surface area contributed by atoms with E-state index in [1.54, 1.807) is 5.51 Å². The summed E-state index contributed by atoms with van der Waals surface area (Å²) in [6.07, 6.45) is 2.62. The first-order chi connectivity index (χ1) is 15.8. The maximum Gasteiger partial charge on any atom is 0.313 e. The molecule has 2 amide bonds. The van der Waals surface area contributed by atoms with E-state index < -0.39 is 28.7 Å². The third kappa shape index (κ3) is 4.58. The second kappa shape index (κ2) is 9.48. The smallest absolute Gasteiger partial charge is 0.313 e. The minimum Gasteiger partial charge on any atom is -0.481 e. The van der Waals surface area contributed by atoms with Gasteiger partial charge in [-0.25, -0.2) is 4.98 Å². The molecule has 2 aliphatic heterocycles. The lowest BCUT2D eigenvalue weighted by molar-refractivity contribution is -0.157. The molecule has 0 aliphatic carbocycles. The molecule has 4 rings (SSSR count). The first-order valence-electron chi connectivity index (χ1n) is 9.39. The van der Waals surface area contributed by atoms with Gasteiger partial charge >= 0.3 is 5.97 Å². The molecule has 0 radical (unpaired) electrons. The highest BCUT2D eigenvalue weighted by Gasteiger charge is 2.57. The molecule has 2 aromatic heterocycles. The number of nitrogens with zero attached hydrogens (tertiary/aromatic N) is 6. The number of anilines is 1. The number of hydrogen-bond donors (Lipinski definition) is 3. The lowest BCUT2D eigenvalue weighted by Gasteiger charge is -2.53. The van der Waals surface area contributed by atoms with Crippen molar-refractivity contribution < 1.29 is 24.3 Å². The number of nitrogens with two attached hydrogens (primary N) is 1. The van der Waals surface area contributed by atoms with Gasteiger partial charge in [0.15, 0.2) is 10.1 Å². The van der Waals surface area contributed by atoms with E-state index >= 15 is 0 Å². The van der Waals surface area contributed by atoms with Gasteiger partial charge < -0.3 is 25.9 Å². The van der Waals surface area contributed by atoms with E-state index in [1.807, 2.05) is 0 Å². The summed E-state index contributed by atoms with van der Waals surface area (Å²) in [5, 5.41) is 23.5. The van der Waals surface area contributed by atoms with Crippen LogP contribution in [0.2, 0.25) is 0 Å². The summed E-state index contributed by atoms with van der Waals surface area (Å²) >= 11 is 3.93. The van der Waals surface area contributed by atoms with Gasteiger partial charge in [0.05, 0.1) is 12.4 Å². The van der Waals surface area contributed by atoms with Crippen molar-refractivity contribution in [3.8, 4) is 0 Å². The first kappa shape index (κ1) is 23.2. The number of rotatable bonds is 8. The molecule has 174 valence electrons. The molecule has 2 saturated heterocycles. The van der Waals surface area contributed by atoms with Crippen LogP contribution < -0.4 is 11.1 Å². The van der Waals surface area contributed by atoms with E-state index in [4.69, 9.17) is 10.6 Å². The topological polar surface area (TPSA) is 186 Å². The number of aliphatic carboxylic acids is 1. The molecule has 2 fully saturated rings. The molecule has 4 heterocycles. The number of thioether (sulfide) groups is 2. The fourth-order valence-corrected chi connectivity index (χ4v) is 6.68. The number of nitrogen functional groups attached to an aromatic ring is 1. The van der Waals surface area contributed by atoms with Crippen LogP contribution in [0, 0.1) is 5.41 Å². The second-order valence-electron chi connectivity index (χ2n) is 7.15. The van der Waals surface area contributed by atoms with Gasteiger partial charge in [-0.3, -0.25) is 19.4 Å². The molecule has 3 atom stereocenters. The standard InChI is InChI=1S/C17H18N8O5S3/c1-30-24-10(8-2-19-3-9(18)21-8)12(26)22-11-13(27)25-4-17(15(28)29,5-31-14(11)25)6-32-16-23-20-7-33-16/h2-3,7,11,14H,4-6H2,1H3,(H2,18,21)(H,22,26)(H,28,29)/t11?,14-,17?/m1/s1. The average Bonchev–Trinajstić information content (AvgIpc) is 3.33. The van der Waals surface area contributed by atoms with Crippen molar-refractivity contribution in [2.45, 2.75) is 15.8 Å². The Morgan fingerprint density at radius 2 is 2.30 bits per heavy atom. The van der Waals surface area contributed by atoms with E-state index in [0.29, 0.717) is 4.34 Å². The molecule has 2 aromatic rings. The van der Waals surface area contributed by atoms with Gasteiger partial charge in [0, 0.05) is 18.1 Å². The first-order valence-corrected chi connectivity index (χ1v) is 12.3. The van der Waals surface area contributed by atoms with Crippen molar-refractivity contribution in [1.82, 2.24) is 30.4 Å². The van der Waals surface area contributed by atoms with Crippen LogP contribution in [-0.2, 0) is 19.2 Å². The van der Waals surface area contributed by atoms with Gasteiger partial charge in [-0.15, -0.1) is 22.0 Å². The number of carboxylic acids is 1. The third-order valence-corrected chi connectivity index (χ3v) is 8.73. The third-order valence-electron chi connectivity index (χ3n) is 4.99.